The number of rotatable bonds is 2. The van der Waals surface area contributed by atoms with Crippen LogP contribution in [0.15, 0.2) is 0 Å². The highest BCUT2D eigenvalue weighted by Crippen LogP contribution is 2.05. The summed E-state index contributed by atoms with van der Waals surface area (Å²) in [5.74, 6) is 1.73. The van der Waals surface area contributed by atoms with E-state index in [9.17, 15) is 9.59 Å². The Bertz CT molecular complexity index is 256. The molecule has 1 aliphatic heterocycles. The highest BCUT2D eigenvalue weighted by Gasteiger charge is 2.36. The monoisotopic (exact) mass is 168 g/mol. The summed E-state index contributed by atoms with van der Waals surface area (Å²) in [7, 11) is 0. The van der Waals surface area contributed by atoms with Crippen LogP contribution >= 0.6 is 0 Å². The predicted molar refractivity (Wildman–Crippen MR) is 39.6 cm³/mol. The van der Waals surface area contributed by atoms with Crippen molar-refractivity contribution >= 4 is 11.9 Å². The number of amides is 3. The second kappa shape index (κ2) is 3.24. The number of imide groups is 1. The lowest BCUT2D eigenvalue weighted by Crippen LogP contribution is -2.31. The Balaban J connectivity index is 2.59. The highest BCUT2D eigenvalue weighted by molar-refractivity contribution is 6.02. The molecule has 0 unspecified atom stereocenters. The summed E-state index contributed by atoms with van der Waals surface area (Å²) in [5, 5.41) is 3.01. The van der Waals surface area contributed by atoms with E-state index in [0.717, 1.165) is 0 Å². The van der Waals surface area contributed by atoms with Crippen LogP contribution in [0.4, 0.5) is 4.79 Å². The standard InChI is InChI=1S/C7H8N2O3/c1-3-4-12-9-6(10)5(2)8-7(9)11/h1,5H,4H2,2H3,(H,8,11)/t5-/m0/s1. The molecule has 0 aromatic carbocycles. The first kappa shape index (κ1) is 8.56. The van der Waals surface area contributed by atoms with Crippen molar-refractivity contribution in [3.8, 4) is 12.3 Å². The van der Waals surface area contributed by atoms with E-state index in [-0.39, 0.29) is 6.61 Å². The van der Waals surface area contributed by atoms with E-state index in [4.69, 9.17) is 6.42 Å². The Kier molecular flexibility index (Phi) is 2.31. The summed E-state index contributed by atoms with van der Waals surface area (Å²) >= 11 is 0. The molecule has 5 heteroatoms. The van der Waals surface area contributed by atoms with Crippen LogP contribution in [0.1, 0.15) is 6.92 Å². The summed E-state index contributed by atoms with van der Waals surface area (Å²) < 4.78 is 0. The Hall–Kier alpha value is -1.54. The zero-order valence-electron chi connectivity index (χ0n) is 6.53. The zero-order chi connectivity index (χ0) is 9.14. The van der Waals surface area contributed by atoms with Gasteiger partial charge < -0.3 is 5.32 Å². The van der Waals surface area contributed by atoms with E-state index in [1.54, 1.807) is 6.92 Å². The second-order valence-corrected chi connectivity index (χ2v) is 2.28. The van der Waals surface area contributed by atoms with Crippen molar-refractivity contribution in [1.82, 2.24) is 10.4 Å². The smallest absolute Gasteiger partial charge is 0.324 e. The average Bonchev–Trinajstić information content (AvgIpc) is 2.25. The van der Waals surface area contributed by atoms with Crippen LogP contribution in [0.3, 0.4) is 0 Å². The number of hydroxylamine groups is 2. The molecule has 1 aliphatic rings. The van der Waals surface area contributed by atoms with Crippen molar-refractivity contribution in [2.45, 2.75) is 13.0 Å². The number of carbonyl (C=O) groups is 2. The third-order valence-electron chi connectivity index (χ3n) is 1.37. The summed E-state index contributed by atoms with van der Waals surface area (Å²) in [6.45, 7) is 1.48. The van der Waals surface area contributed by atoms with Crippen molar-refractivity contribution in [2.24, 2.45) is 0 Å². The normalized spacial score (nSPS) is 22.3. The van der Waals surface area contributed by atoms with Crippen LogP contribution in [0.5, 0.6) is 0 Å². The molecule has 1 heterocycles. The number of nitrogens with one attached hydrogen (secondary N) is 1. The zero-order valence-corrected chi connectivity index (χ0v) is 6.53. The van der Waals surface area contributed by atoms with Gasteiger partial charge in [-0.3, -0.25) is 4.79 Å². The maximum absolute atomic E-state index is 11.1. The van der Waals surface area contributed by atoms with Crippen molar-refractivity contribution in [2.75, 3.05) is 6.61 Å². The fourth-order valence-electron chi connectivity index (χ4n) is 0.806. The van der Waals surface area contributed by atoms with Gasteiger partial charge in [0.25, 0.3) is 5.91 Å². The van der Waals surface area contributed by atoms with E-state index in [0.29, 0.717) is 5.06 Å². The second-order valence-electron chi connectivity index (χ2n) is 2.28. The van der Waals surface area contributed by atoms with Crippen LogP contribution in [0.25, 0.3) is 0 Å². The molecule has 0 aromatic heterocycles. The largest absolute Gasteiger partial charge is 0.349 e. The molecular formula is C7H8N2O3. The molecule has 1 saturated heterocycles. The molecule has 0 spiro atoms. The van der Waals surface area contributed by atoms with E-state index >= 15 is 0 Å². The number of hydrogen-bond acceptors (Lipinski definition) is 3. The molecular weight excluding hydrogens is 160 g/mol. The maximum Gasteiger partial charge on any atom is 0.349 e. The first-order valence-corrected chi connectivity index (χ1v) is 3.37. The van der Waals surface area contributed by atoms with Gasteiger partial charge in [0.05, 0.1) is 0 Å². The fraction of sp³-hybridized carbons (Fsp3) is 0.429. The van der Waals surface area contributed by atoms with Crippen LogP contribution in [-0.4, -0.2) is 29.7 Å². The molecule has 3 amide bonds. The third-order valence-corrected chi connectivity index (χ3v) is 1.37. The van der Waals surface area contributed by atoms with Crippen molar-refractivity contribution < 1.29 is 14.4 Å². The summed E-state index contributed by atoms with van der Waals surface area (Å²) in [6, 6.07) is -1.10. The van der Waals surface area contributed by atoms with E-state index < -0.39 is 18.0 Å². The number of nitrogens with zero attached hydrogens (tertiary/aromatic N) is 1. The van der Waals surface area contributed by atoms with E-state index in [1.807, 2.05) is 0 Å². The lowest BCUT2D eigenvalue weighted by Gasteiger charge is -2.08. The molecule has 64 valence electrons. The lowest BCUT2D eigenvalue weighted by molar-refractivity contribution is -0.159. The Labute approximate surface area is 69.6 Å². The quantitative estimate of drug-likeness (QED) is 0.446. The lowest BCUT2D eigenvalue weighted by atomic mass is 10.4. The SMILES string of the molecule is C#CCON1C(=O)N[C@@H](C)C1=O. The van der Waals surface area contributed by atoms with Gasteiger partial charge in [-0.2, -0.15) is 0 Å². The molecule has 12 heavy (non-hydrogen) atoms. The van der Waals surface area contributed by atoms with Crippen LogP contribution in [0, 0.1) is 12.3 Å². The van der Waals surface area contributed by atoms with Gasteiger partial charge in [0.2, 0.25) is 0 Å². The van der Waals surface area contributed by atoms with Crippen LogP contribution in [0.2, 0.25) is 0 Å². The first-order chi connectivity index (χ1) is 5.66. The molecule has 1 N–H and O–H groups in total. The van der Waals surface area contributed by atoms with Crippen molar-refractivity contribution in [1.29, 1.82) is 0 Å². The first-order valence-electron chi connectivity index (χ1n) is 3.37. The van der Waals surface area contributed by atoms with Crippen LogP contribution in [-0.2, 0) is 9.63 Å². The molecule has 0 bridgehead atoms. The fourth-order valence-corrected chi connectivity index (χ4v) is 0.806. The Morgan fingerprint density at radius 2 is 2.42 bits per heavy atom. The third kappa shape index (κ3) is 1.38. The van der Waals surface area contributed by atoms with Crippen molar-refractivity contribution in [3.63, 3.8) is 0 Å². The number of carbonyl (C=O) groups excluding carboxylic acids is 2. The highest BCUT2D eigenvalue weighted by atomic mass is 16.7. The Morgan fingerprint density at radius 1 is 1.75 bits per heavy atom. The minimum atomic E-state index is -0.567. The number of hydrogen-bond donors (Lipinski definition) is 1. The summed E-state index contributed by atoms with van der Waals surface area (Å²) in [6.07, 6.45) is 4.89. The van der Waals surface area contributed by atoms with Gasteiger partial charge >= 0.3 is 6.03 Å². The van der Waals surface area contributed by atoms with E-state index in [2.05, 4.69) is 16.1 Å². The van der Waals surface area contributed by atoms with Gasteiger partial charge in [0.15, 0.2) is 0 Å². The maximum atomic E-state index is 11.1. The van der Waals surface area contributed by atoms with Gasteiger partial charge in [-0.05, 0) is 6.92 Å². The molecule has 0 saturated carbocycles. The van der Waals surface area contributed by atoms with Gasteiger partial charge in [-0.15, -0.1) is 11.5 Å². The topological polar surface area (TPSA) is 58.6 Å². The van der Waals surface area contributed by atoms with E-state index in [1.165, 1.54) is 0 Å². The molecule has 1 atom stereocenters. The average molecular weight is 168 g/mol. The summed E-state index contributed by atoms with van der Waals surface area (Å²) in [4.78, 5) is 26.7. The van der Waals surface area contributed by atoms with Gasteiger partial charge in [0, 0.05) is 0 Å². The molecule has 1 fully saturated rings. The summed E-state index contributed by atoms with van der Waals surface area (Å²) in [5.41, 5.74) is 0. The Morgan fingerprint density at radius 3 is 2.83 bits per heavy atom. The molecule has 0 radical (unpaired) electrons. The molecule has 1 rings (SSSR count). The van der Waals surface area contributed by atoms with Crippen molar-refractivity contribution in [3.05, 3.63) is 0 Å². The van der Waals surface area contributed by atoms with Crippen LogP contribution < -0.4 is 5.32 Å². The number of terminal acetylenes is 1. The van der Waals surface area contributed by atoms with Gasteiger partial charge in [-0.1, -0.05) is 5.92 Å². The molecule has 5 nitrogen and oxygen atoms in total. The predicted octanol–water partition coefficient (Wildman–Crippen LogP) is -0.509. The minimum Gasteiger partial charge on any atom is -0.324 e. The molecule has 0 aliphatic carbocycles. The molecule has 0 aromatic rings. The minimum absolute atomic E-state index is 0.0914. The van der Waals surface area contributed by atoms with Gasteiger partial charge in [-0.25, -0.2) is 9.63 Å². The van der Waals surface area contributed by atoms with Gasteiger partial charge in [0.1, 0.15) is 12.6 Å². The number of urea groups is 1.